The molecule has 146 valence electrons. The maximum atomic E-state index is 11.9. The van der Waals surface area contributed by atoms with E-state index in [9.17, 15) is 4.79 Å². The van der Waals surface area contributed by atoms with Crippen molar-refractivity contribution >= 4 is 18.3 Å². The number of methoxy groups -OCH3 is 1. The number of ether oxygens (including phenoxy) is 2. The molecule has 1 saturated carbocycles. The van der Waals surface area contributed by atoms with Crippen LogP contribution in [0.25, 0.3) is 0 Å². The molecule has 1 amide bonds. The number of rotatable bonds is 4. The maximum Gasteiger partial charge on any atom is 0.407 e. The minimum absolute atomic E-state index is 0.110. The van der Waals surface area contributed by atoms with Gasteiger partial charge in [0.25, 0.3) is 0 Å². The lowest BCUT2D eigenvalue weighted by Gasteiger charge is -2.31. The van der Waals surface area contributed by atoms with E-state index in [1.54, 1.807) is 13.3 Å². The standard InChI is InChI=1S/C18H31N5O3/c1-6-19-16(23-14-11-15(22-14)25-5)20-12-7-9-13(10-8-12)21-17(24)26-18(2,3)4/h6,11-14,22H,7-10H2,1-5H3,(H,20,23)(H,21,24). The van der Waals surface area contributed by atoms with E-state index in [2.05, 4.69) is 25.9 Å². The third-order valence-corrected chi connectivity index (χ3v) is 4.11. The first-order valence-electron chi connectivity index (χ1n) is 9.14. The lowest BCUT2D eigenvalue weighted by Crippen LogP contribution is -2.45. The van der Waals surface area contributed by atoms with Crippen LogP contribution < -0.4 is 16.0 Å². The molecule has 8 heteroatoms. The molecule has 0 radical (unpaired) electrons. The number of carbonyl (C=O) groups excluding carboxylic acids is 1. The van der Waals surface area contributed by atoms with E-state index in [4.69, 9.17) is 9.47 Å². The Morgan fingerprint density at radius 2 is 1.81 bits per heavy atom. The first kappa shape index (κ1) is 20.1. The second-order valence-electron chi connectivity index (χ2n) is 7.50. The lowest BCUT2D eigenvalue weighted by molar-refractivity contribution is 0.0490. The molecule has 1 unspecified atom stereocenters. The van der Waals surface area contributed by atoms with Gasteiger partial charge in [0.1, 0.15) is 11.8 Å². The molecule has 1 heterocycles. The summed E-state index contributed by atoms with van der Waals surface area (Å²) in [5, 5.41) is 9.43. The molecule has 0 spiro atoms. The molecule has 0 aromatic heterocycles. The summed E-state index contributed by atoms with van der Waals surface area (Å²) in [6.45, 7) is 7.46. The van der Waals surface area contributed by atoms with Crippen LogP contribution in [0.3, 0.4) is 0 Å². The molecule has 0 saturated heterocycles. The Balaban J connectivity index is 1.78. The van der Waals surface area contributed by atoms with Crippen LogP contribution in [0.4, 0.5) is 4.79 Å². The molecule has 1 aliphatic carbocycles. The van der Waals surface area contributed by atoms with E-state index in [1.807, 2.05) is 33.8 Å². The Bertz CT molecular complexity index is 572. The zero-order valence-corrected chi connectivity index (χ0v) is 16.3. The fraction of sp³-hybridized carbons (Fsp3) is 0.722. The van der Waals surface area contributed by atoms with Crippen LogP contribution in [0.15, 0.2) is 21.9 Å². The van der Waals surface area contributed by atoms with Gasteiger partial charge in [0.15, 0.2) is 5.88 Å². The topological polar surface area (TPSA) is 96.3 Å². The largest absolute Gasteiger partial charge is 0.483 e. The SMILES string of the molecule is CC=NC(=NC1C=C(OC)N1)NC1CCC(NC(=O)OC(C)(C)C)CC1. The van der Waals surface area contributed by atoms with Crippen molar-refractivity contribution in [2.75, 3.05) is 7.11 Å². The summed E-state index contributed by atoms with van der Waals surface area (Å²) in [5.74, 6) is 1.34. The summed E-state index contributed by atoms with van der Waals surface area (Å²) in [4.78, 5) is 20.7. The summed E-state index contributed by atoms with van der Waals surface area (Å²) >= 11 is 0. The van der Waals surface area contributed by atoms with Crippen LogP contribution >= 0.6 is 0 Å². The first-order chi connectivity index (χ1) is 12.3. The molecule has 0 aromatic carbocycles. The van der Waals surface area contributed by atoms with Gasteiger partial charge in [0.05, 0.1) is 7.11 Å². The highest BCUT2D eigenvalue weighted by Gasteiger charge is 2.25. The van der Waals surface area contributed by atoms with Gasteiger partial charge in [-0.1, -0.05) is 0 Å². The summed E-state index contributed by atoms with van der Waals surface area (Å²) in [5.41, 5.74) is -0.473. The highest BCUT2D eigenvalue weighted by atomic mass is 16.6. The van der Waals surface area contributed by atoms with Gasteiger partial charge in [0, 0.05) is 24.4 Å². The molecule has 26 heavy (non-hydrogen) atoms. The number of nitrogens with zero attached hydrogens (tertiary/aromatic N) is 2. The van der Waals surface area contributed by atoms with Gasteiger partial charge in [0.2, 0.25) is 5.96 Å². The molecule has 1 atom stereocenters. The maximum absolute atomic E-state index is 11.9. The van der Waals surface area contributed by atoms with Gasteiger partial charge in [-0.25, -0.2) is 14.8 Å². The van der Waals surface area contributed by atoms with Gasteiger partial charge >= 0.3 is 6.09 Å². The van der Waals surface area contributed by atoms with Gasteiger partial charge in [-0.15, -0.1) is 0 Å². The lowest BCUT2D eigenvalue weighted by atomic mass is 9.91. The van der Waals surface area contributed by atoms with Crippen LogP contribution in [-0.2, 0) is 9.47 Å². The Kier molecular flexibility index (Phi) is 6.88. The number of hydrogen-bond donors (Lipinski definition) is 3. The van der Waals surface area contributed by atoms with Crippen molar-refractivity contribution in [2.24, 2.45) is 9.98 Å². The highest BCUT2D eigenvalue weighted by Crippen LogP contribution is 2.20. The Hall–Kier alpha value is -2.25. The second kappa shape index (κ2) is 8.91. The minimum atomic E-state index is -0.473. The average Bonchev–Trinajstić information content (AvgIpc) is 2.50. The third kappa shape index (κ3) is 6.57. The molecule has 3 N–H and O–H groups in total. The van der Waals surface area contributed by atoms with Crippen molar-refractivity contribution in [1.82, 2.24) is 16.0 Å². The molecular formula is C18H31N5O3. The van der Waals surface area contributed by atoms with Crippen LogP contribution in [0.1, 0.15) is 53.4 Å². The van der Waals surface area contributed by atoms with Crippen molar-refractivity contribution in [1.29, 1.82) is 0 Å². The number of alkyl carbamates (subject to hydrolysis) is 1. The molecule has 1 aliphatic heterocycles. The minimum Gasteiger partial charge on any atom is -0.483 e. The first-order valence-corrected chi connectivity index (χ1v) is 9.14. The van der Waals surface area contributed by atoms with Crippen LogP contribution in [0.5, 0.6) is 0 Å². The van der Waals surface area contributed by atoms with Gasteiger partial charge in [-0.3, -0.25) is 0 Å². The molecule has 2 rings (SSSR count). The van der Waals surface area contributed by atoms with E-state index in [0.29, 0.717) is 12.0 Å². The highest BCUT2D eigenvalue weighted by molar-refractivity contribution is 5.87. The van der Waals surface area contributed by atoms with Crippen molar-refractivity contribution in [3.63, 3.8) is 0 Å². The Morgan fingerprint density at radius 3 is 2.31 bits per heavy atom. The zero-order valence-electron chi connectivity index (χ0n) is 16.3. The fourth-order valence-corrected chi connectivity index (χ4v) is 2.88. The Morgan fingerprint density at radius 1 is 1.23 bits per heavy atom. The number of guanidine groups is 1. The van der Waals surface area contributed by atoms with Crippen LogP contribution in [0.2, 0.25) is 0 Å². The summed E-state index contributed by atoms with van der Waals surface area (Å²) in [6.07, 6.45) is 6.84. The number of hydrogen-bond acceptors (Lipinski definition) is 5. The Labute approximate surface area is 155 Å². The summed E-state index contributed by atoms with van der Waals surface area (Å²) in [7, 11) is 1.62. The number of nitrogens with one attached hydrogen (secondary N) is 3. The van der Waals surface area contributed by atoms with Crippen LogP contribution in [0, 0.1) is 0 Å². The predicted octanol–water partition coefficient (Wildman–Crippen LogP) is 2.28. The second-order valence-corrected chi connectivity index (χ2v) is 7.50. The third-order valence-electron chi connectivity index (χ3n) is 4.11. The zero-order chi connectivity index (χ0) is 19.2. The normalized spacial score (nSPS) is 26.4. The molecule has 8 nitrogen and oxygen atoms in total. The summed E-state index contributed by atoms with van der Waals surface area (Å²) in [6, 6.07) is 0.443. The van der Waals surface area contributed by atoms with Gasteiger partial charge in [-0.2, -0.15) is 0 Å². The molecule has 1 fully saturated rings. The molecule has 2 aliphatic rings. The van der Waals surface area contributed by atoms with Crippen LogP contribution in [-0.4, -0.2) is 49.2 Å². The van der Waals surface area contributed by atoms with Gasteiger partial charge < -0.3 is 25.4 Å². The molecule has 0 bridgehead atoms. The monoisotopic (exact) mass is 365 g/mol. The smallest absolute Gasteiger partial charge is 0.407 e. The fourth-order valence-electron chi connectivity index (χ4n) is 2.88. The van der Waals surface area contributed by atoms with E-state index in [0.717, 1.165) is 31.6 Å². The predicted molar refractivity (Wildman–Crippen MR) is 102 cm³/mol. The van der Waals surface area contributed by atoms with E-state index in [-0.39, 0.29) is 18.3 Å². The average molecular weight is 365 g/mol. The van der Waals surface area contributed by atoms with Crippen molar-refractivity contribution in [3.05, 3.63) is 12.0 Å². The molecule has 0 aromatic rings. The van der Waals surface area contributed by atoms with Crippen molar-refractivity contribution in [3.8, 4) is 0 Å². The number of aliphatic imine (C=N–C) groups is 2. The quantitative estimate of drug-likeness (QED) is 0.525. The molecular weight excluding hydrogens is 334 g/mol. The number of amides is 1. The van der Waals surface area contributed by atoms with Crippen molar-refractivity contribution < 1.29 is 14.3 Å². The number of carbonyl (C=O) groups is 1. The van der Waals surface area contributed by atoms with Gasteiger partial charge in [-0.05, 0) is 53.4 Å². The summed E-state index contributed by atoms with van der Waals surface area (Å²) < 4.78 is 10.4. The van der Waals surface area contributed by atoms with E-state index < -0.39 is 5.60 Å². The van der Waals surface area contributed by atoms with Crippen molar-refractivity contribution in [2.45, 2.75) is 77.2 Å². The van der Waals surface area contributed by atoms with E-state index >= 15 is 0 Å². The van der Waals surface area contributed by atoms with E-state index in [1.165, 1.54) is 0 Å².